The molecule has 0 aliphatic heterocycles. The maximum atomic E-state index is 10.6. The number of aliphatic hydroxyl groups is 4. The molecule has 0 fully saturated rings. The molecule has 0 bridgehead atoms. The van der Waals surface area contributed by atoms with Crippen molar-refractivity contribution in [3.8, 4) is 0 Å². The molecule has 0 aromatic heterocycles. The highest BCUT2D eigenvalue weighted by Gasteiger charge is 2.39. The molecule has 10 heteroatoms. The Balaban J connectivity index is 4.85. The lowest BCUT2D eigenvalue weighted by Crippen LogP contribution is -2.50. The average Bonchev–Trinajstić information content (AvgIpc) is 2.32. The van der Waals surface area contributed by atoms with Crippen molar-refractivity contribution in [3.63, 3.8) is 0 Å². The molecule has 4 atom stereocenters. The summed E-state index contributed by atoms with van der Waals surface area (Å²) in [7, 11) is 0. The zero-order valence-electron chi connectivity index (χ0n) is 8.83. The molecule has 0 aromatic rings. The van der Waals surface area contributed by atoms with Crippen LogP contribution in [-0.4, -0.2) is 79.6 Å². The second-order valence-corrected chi connectivity index (χ2v) is 3.20. The highest BCUT2D eigenvalue weighted by molar-refractivity contribution is 6.28. The number of ether oxygens (including phenoxy) is 1. The molecule has 0 radical (unpaired) electrons. The van der Waals surface area contributed by atoms with Crippen molar-refractivity contribution >= 4 is 17.9 Å². The highest BCUT2D eigenvalue weighted by Crippen LogP contribution is 2.09. The molecule has 18 heavy (non-hydrogen) atoms. The number of hydrogen-bond acceptors (Lipinski definition) is 8. The zero-order chi connectivity index (χ0) is 14.5. The summed E-state index contributed by atoms with van der Waals surface area (Å²) < 4.78 is 3.91. The van der Waals surface area contributed by atoms with Crippen molar-refractivity contribution in [1.29, 1.82) is 0 Å². The van der Waals surface area contributed by atoms with Crippen LogP contribution in [0.3, 0.4) is 0 Å². The monoisotopic (exact) mass is 268 g/mol. The Bertz CT molecular complexity index is 326. The van der Waals surface area contributed by atoms with E-state index in [9.17, 15) is 24.6 Å². The molecule has 0 spiro atoms. The van der Waals surface area contributed by atoms with Crippen LogP contribution in [0.15, 0.2) is 0 Å². The molecule has 0 aliphatic rings. The van der Waals surface area contributed by atoms with E-state index in [1.54, 1.807) is 0 Å². The van der Waals surface area contributed by atoms with Gasteiger partial charge in [0.1, 0.15) is 18.3 Å². The van der Waals surface area contributed by atoms with Gasteiger partial charge in [-0.25, -0.2) is 14.4 Å². The number of rotatable bonds is 6. The fourth-order valence-corrected chi connectivity index (χ4v) is 0.947. The second-order valence-electron chi connectivity index (χ2n) is 3.20. The summed E-state index contributed by atoms with van der Waals surface area (Å²) >= 11 is 0. The van der Waals surface area contributed by atoms with Crippen LogP contribution in [0.5, 0.6) is 0 Å². The summed E-state index contributed by atoms with van der Waals surface area (Å²) in [5, 5.41) is 52.7. The van der Waals surface area contributed by atoms with E-state index in [1.165, 1.54) is 0 Å². The first-order chi connectivity index (χ1) is 8.22. The van der Waals surface area contributed by atoms with Gasteiger partial charge >= 0.3 is 17.9 Å². The normalized spacial score (nSPS) is 17.3. The number of aliphatic carboxylic acids is 2. The van der Waals surface area contributed by atoms with Crippen LogP contribution in [-0.2, 0) is 19.1 Å². The lowest BCUT2D eigenvalue weighted by Gasteiger charge is -2.25. The van der Waals surface area contributed by atoms with Gasteiger partial charge in [0.2, 0.25) is 6.10 Å². The number of esters is 1. The molecular weight excluding hydrogens is 256 g/mol. The van der Waals surface area contributed by atoms with Gasteiger partial charge in [-0.05, 0) is 0 Å². The van der Waals surface area contributed by atoms with Crippen LogP contribution in [0.4, 0.5) is 0 Å². The zero-order valence-corrected chi connectivity index (χ0v) is 8.83. The maximum Gasteiger partial charge on any atom is 0.418 e. The van der Waals surface area contributed by atoms with Gasteiger partial charge in [0.05, 0.1) is 6.61 Å². The first-order valence-electron chi connectivity index (χ1n) is 4.54. The van der Waals surface area contributed by atoms with Crippen LogP contribution >= 0.6 is 0 Å². The summed E-state index contributed by atoms with van der Waals surface area (Å²) in [5.41, 5.74) is 0. The van der Waals surface area contributed by atoms with Crippen molar-refractivity contribution in [2.75, 3.05) is 6.61 Å². The summed E-state index contributed by atoms with van der Waals surface area (Å²) in [6, 6.07) is 0. The van der Waals surface area contributed by atoms with Gasteiger partial charge in [-0.3, -0.25) is 0 Å². The Hall–Kier alpha value is -1.75. The Kier molecular flexibility index (Phi) is 6.19. The van der Waals surface area contributed by atoms with Crippen molar-refractivity contribution in [2.45, 2.75) is 24.4 Å². The molecule has 10 nitrogen and oxygen atoms in total. The quantitative estimate of drug-likeness (QED) is 0.206. The van der Waals surface area contributed by atoms with Gasteiger partial charge in [-0.15, -0.1) is 0 Å². The van der Waals surface area contributed by atoms with Crippen molar-refractivity contribution in [2.24, 2.45) is 0 Å². The van der Waals surface area contributed by atoms with Gasteiger partial charge in [-0.1, -0.05) is 0 Å². The van der Waals surface area contributed by atoms with Gasteiger partial charge < -0.3 is 35.4 Å². The van der Waals surface area contributed by atoms with Gasteiger partial charge in [-0.2, -0.15) is 0 Å². The minimum atomic E-state index is -2.40. The maximum absolute atomic E-state index is 10.6. The minimum Gasteiger partial charge on any atom is -0.478 e. The van der Waals surface area contributed by atoms with Crippen molar-refractivity contribution < 1.29 is 49.8 Å². The fraction of sp³-hybridized carbons (Fsp3) is 0.625. The van der Waals surface area contributed by atoms with E-state index in [1.807, 2.05) is 0 Å². The van der Waals surface area contributed by atoms with E-state index < -0.39 is 48.9 Å². The fourth-order valence-electron chi connectivity index (χ4n) is 0.947. The number of carboxylic acid groups (broad SMARTS) is 2. The summed E-state index contributed by atoms with van der Waals surface area (Å²) in [6.45, 7) is -0.989. The van der Waals surface area contributed by atoms with Gasteiger partial charge in [0.25, 0.3) is 0 Å². The van der Waals surface area contributed by atoms with Gasteiger partial charge in [0.15, 0.2) is 0 Å². The van der Waals surface area contributed by atoms with Crippen LogP contribution in [0.2, 0.25) is 0 Å². The summed E-state index contributed by atoms with van der Waals surface area (Å²) in [6.07, 6.45) is -8.74. The predicted octanol–water partition coefficient (Wildman–Crippen LogP) is -3.86. The molecule has 104 valence electrons. The smallest absolute Gasteiger partial charge is 0.418 e. The third kappa shape index (κ3) is 4.25. The van der Waals surface area contributed by atoms with E-state index >= 15 is 0 Å². The molecule has 0 saturated heterocycles. The largest absolute Gasteiger partial charge is 0.478 e. The third-order valence-electron chi connectivity index (χ3n) is 1.89. The molecule has 0 aliphatic carbocycles. The third-order valence-corrected chi connectivity index (χ3v) is 1.89. The Morgan fingerprint density at radius 3 is 1.83 bits per heavy atom. The molecule has 0 unspecified atom stereocenters. The van der Waals surface area contributed by atoms with E-state index in [-0.39, 0.29) is 0 Å². The van der Waals surface area contributed by atoms with E-state index in [4.69, 9.17) is 20.4 Å². The van der Waals surface area contributed by atoms with Crippen LogP contribution in [0.25, 0.3) is 0 Å². The average molecular weight is 268 g/mol. The van der Waals surface area contributed by atoms with Crippen LogP contribution < -0.4 is 0 Å². The number of hydrogen-bond donors (Lipinski definition) is 6. The van der Waals surface area contributed by atoms with Crippen LogP contribution in [0, 0.1) is 0 Å². The summed E-state index contributed by atoms with van der Waals surface area (Å²) in [4.78, 5) is 31.4. The topological polar surface area (TPSA) is 182 Å². The minimum absolute atomic E-state index is 0.989. The predicted molar refractivity (Wildman–Crippen MR) is 50.3 cm³/mol. The van der Waals surface area contributed by atoms with E-state index in [2.05, 4.69) is 4.74 Å². The number of aliphatic hydroxyl groups excluding tert-OH is 4. The molecule has 0 rings (SSSR count). The lowest BCUT2D eigenvalue weighted by molar-refractivity contribution is -0.187. The molecule has 0 aromatic carbocycles. The molecule has 0 saturated carbocycles. The SMILES string of the molecule is O=C(O)C(=O)O[C@@H](C(=O)O)[C@@H](O)[C@H](O)[C@H](O)CO. The molecule has 0 amide bonds. The highest BCUT2D eigenvalue weighted by atomic mass is 16.6. The molecule has 6 N–H and O–H groups in total. The number of carbonyl (C=O) groups excluding carboxylic acids is 1. The molecule has 0 heterocycles. The standard InChI is InChI=1S/C8H12O10/c9-1-2(10)3(11)4(12)5(6(13)14)18-8(17)7(15)16/h2-5,9-12H,1H2,(H,13,14)(H,15,16)/t2-,3-,4+,5-/m1/s1. The van der Waals surface area contributed by atoms with E-state index in [0.717, 1.165) is 0 Å². The van der Waals surface area contributed by atoms with Gasteiger partial charge in [0, 0.05) is 0 Å². The first-order valence-corrected chi connectivity index (χ1v) is 4.54. The first kappa shape index (κ1) is 16.2. The Morgan fingerprint density at radius 1 is 1.00 bits per heavy atom. The molecular formula is C8H12O10. The van der Waals surface area contributed by atoms with Crippen molar-refractivity contribution in [1.82, 2.24) is 0 Å². The Labute approximate surface area is 99.7 Å². The number of carbonyl (C=O) groups is 3. The number of carboxylic acids is 2. The van der Waals surface area contributed by atoms with Crippen molar-refractivity contribution in [3.05, 3.63) is 0 Å². The lowest BCUT2D eigenvalue weighted by atomic mass is 10.0. The van der Waals surface area contributed by atoms with Crippen LogP contribution in [0.1, 0.15) is 0 Å². The Morgan fingerprint density at radius 2 is 1.50 bits per heavy atom. The summed E-state index contributed by atoms with van der Waals surface area (Å²) in [5.74, 6) is -5.97. The second kappa shape index (κ2) is 6.86. The van der Waals surface area contributed by atoms with E-state index in [0.29, 0.717) is 0 Å².